The minimum Gasteiger partial charge on any atom is -0.0720 e. The van der Waals surface area contributed by atoms with E-state index in [1.807, 2.05) is 0 Å². The Morgan fingerprint density at radius 1 is 0.516 bits per heavy atom. The summed E-state index contributed by atoms with van der Waals surface area (Å²) < 4.78 is 0. The minimum atomic E-state index is 0.316. The van der Waals surface area contributed by atoms with Gasteiger partial charge in [-0.05, 0) is 62.1 Å². The second kappa shape index (κ2) is 6.43. The Morgan fingerprint density at radius 3 is 1.97 bits per heavy atom. The van der Waals surface area contributed by atoms with E-state index in [9.17, 15) is 0 Å². The first-order valence-electron chi connectivity index (χ1n) is 11.2. The van der Waals surface area contributed by atoms with Crippen LogP contribution in [0.25, 0.3) is 23.3 Å². The second-order valence-electron chi connectivity index (χ2n) is 8.86. The zero-order chi connectivity index (χ0) is 20.4. The van der Waals surface area contributed by atoms with Crippen molar-refractivity contribution in [3.05, 3.63) is 142 Å². The highest BCUT2D eigenvalue weighted by molar-refractivity contribution is 5.81. The largest absolute Gasteiger partial charge is 0.0720 e. The molecule has 0 radical (unpaired) electrons. The van der Waals surface area contributed by atoms with Crippen LogP contribution in [0.5, 0.6) is 0 Å². The Labute approximate surface area is 183 Å². The van der Waals surface area contributed by atoms with Gasteiger partial charge in [-0.3, -0.25) is 0 Å². The molecule has 2 atom stereocenters. The lowest BCUT2D eigenvalue weighted by Crippen LogP contribution is -2.09. The molecule has 0 heterocycles. The molecule has 7 rings (SSSR count). The first-order valence-corrected chi connectivity index (χ1v) is 11.2. The summed E-state index contributed by atoms with van der Waals surface area (Å²) in [4.78, 5) is 0. The zero-order valence-electron chi connectivity index (χ0n) is 17.3. The molecule has 0 aromatic heterocycles. The average molecular weight is 395 g/mol. The highest BCUT2D eigenvalue weighted by atomic mass is 14.4. The third-order valence-electron chi connectivity index (χ3n) is 7.31. The standard InChI is InChI=1S/C31H22/c1-4-10-23-20(7-1)13-15-26(23)29-18-17-27-25-12-6-3-9-22(25)19-30(27)31(29)28-16-14-21-8-2-5-11-24(21)28/h1-18,26,28H,19H2. The van der Waals surface area contributed by atoms with Gasteiger partial charge in [-0.15, -0.1) is 0 Å². The minimum absolute atomic E-state index is 0.316. The van der Waals surface area contributed by atoms with E-state index in [4.69, 9.17) is 0 Å². The fourth-order valence-corrected chi connectivity index (χ4v) is 5.91. The Hall–Kier alpha value is -3.64. The van der Waals surface area contributed by atoms with E-state index in [2.05, 4.69) is 109 Å². The van der Waals surface area contributed by atoms with Crippen LogP contribution in [0.2, 0.25) is 0 Å². The molecule has 146 valence electrons. The maximum Gasteiger partial charge on any atom is 0.0284 e. The van der Waals surface area contributed by atoms with Crippen molar-refractivity contribution >= 4 is 12.2 Å². The lowest BCUT2D eigenvalue weighted by molar-refractivity contribution is 0.936. The molecular formula is C31H22. The zero-order valence-corrected chi connectivity index (χ0v) is 17.3. The summed E-state index contributed by atoms with van der Waals surface area (Å²) in [6, 6.07) is 31.4. The third kappa shape index (κ3) is 2.42. The van der Waals surface area contributed by atoms with Crippen molar-refractivity contribution in [2.24, 2.45) is 0 Å². The van der Waals surface area contributed by atoms with E-state index < -0.39 is 0 Å². The molecule has 0 spiro atoms. The number of hydrogen-bond acceptors (Lipinski definition) is 0. The molecule has 2 unspecified atom stereocenters. The Balaban J connectivity index is 1.49. The van der Waals surface area contributed by atoms with Gasteiger partial charge in [-0.25, -0.2) is 0 Å². The van der Waals surface area contributed by atoms with Crippen molar-refractivity contribution in [3.63, 3.8) is 0 Å². The van der Waals surface area contributed by atoms with Gasteiger partial charge in [0.2, 0.25) is 0 Å². The Bertz CT molecular complexity index is 1420. The van der Waals surface area contributed by atoms with Crippen LogP contribution in [0.4, 0.5) is 0 Å². The average Bonchev–Trinajstić information content (AvgIpc) is 3.53. The quantitative estimate of drug-likeness (QED) is 0.289. The molecule has 0 heteroatoms. The molecule has 0 aliphatic heterocycles. The summed E-state index contributed by atoms with van der Waals surface area (Å²) in [6.07, 6.45) is 10.4. The number of benzene rings is 4. The summed E-state index contributed by atoms with van der Waals surface area (Å²) in [7, 11) is 0. The highest BCUT2D eigenvalue weighted by Crippen LogP contribution is 2.49. The van der Waals surface area contributed by atoms with Gasteiger partial charge < -0.3 is 0 Å². The van der Waals surface area contributed by atoms with Gasteiger partial charge in [0.1, 0.15) is 0 Å². The smallest absolute Gasteiger partial charge is 0.0284 e. The molecule has 0 amide bonds. The van der Waals surface area contributed by atoms with E-state index in [1.165, 1.54) is 55.6 Å². The Kier molecular flexibility index (Phi) is 3.54. The van der Waals surface area contributed by atoms with Crippen LogP contribution in [0, 0.1) is 0 Å². The molecule has 0 fully saturated rings. The SMILES string of the molecule is C1=CC(c2ccc3c(c2C2C=Cc4ccccc42)Cc2ccccc2-3)c2ccccc21. The van der Waals surface area contributed by atoms with Gasteiger partial charge >= 0.3 is 0 Å². The fraction of sp³-hybridized carbons (Fsp3) is 0.0968. The van der Waals surface area contributed by atoms with Crippen LogP contribution >= 0.6 is 0 Å². The molecule has 31 heavy (non-hydrogen) atoms. The van der Waals surface area contributed by atoms with Crippen molar-refractivity contribution in [3.8, 4) is 11.1 Å². The van der Waals surface area contributed by atoms with Gasteiger partial charge in [0.05, 0.1) is 0 Å². The van der Waals surface area contributed by atoms with Crippen molar-refractivity contribution in [2.75, 3.05) is 0 Å². The molecule has 0 nitrogen and oxygen atoms in total. The third-order valence-corrected chi connectivity index (χ3v) is 7.31. The van der Waals surface area contributed by atoms with E-state index in [-0.39, 0.29) is 0 Å². The number of allylic oxidation sites excluding steroid dienone is 2. The predicted molar refractivity (Wildman–Crippen MR) is 129 cm³/mol. The van der Waals surface area contributed by atoms with Crippen LogP contribution in [0.15, 0.2) is 97.1 Å². The van der Waals surface area contributed by atoms with Gasteiger partial charge in [-0.2, -0.15) is 0 Å². The maximum atomic E-state index is 2.41. The number of fused-ring (bicyclic) bond motifs is 5. The number of rotatable bonds is 2. The normalized spacial score (nSPS) is 19.2. The summed E-state index contributed by atoms with van der Waals surface area (Å²) in [5, 5.41) is 0. The fourth-order valence-electron chi connectivity index (χ4n) is 5.91. The van der Waals surface area contributed by atoms with Gasteiger partial charge in [0, 0.05) is 11.8 Å². The molecule has 0 N–H and O–H groups in total. The highest BCUT2D eigenvalue weighted by Gasteiger charge is 2.32. The first kappa shape index (κ1) is 17.1. The maximum absolute atomic E-state index is 2.41. The summed E-state index contributed by atoms with van der Waals surface area (Å²) in [6.45, 7) is 0. The molecule has 3 aliphatic carbocycles. The number of hydrogen-bond donors (Lipinski definition) is 0. The molecule has 0 bridgehead atoms. The van der Waals surface area contributed by atoms with Crippen LogP contribution < -0.4 is 0 Å². The van der Waals surface area contributed by atoms with Crippen LogP contribution in [-0.2, 0) is 6.42 Å². The topological polar surface area (TPSA) is 0 Å². The van der Waals surface area contributed by atoms with E-state index in [0.29, 0.717) is 11.8 Å². The first-order chi connectivity index (χ1) is 15.4. The van der Waals surface area contributed by atoms with E-state index >= 15 is 0 Å². The molecule has 4 aromatic rings. The van der Waals surface area contributed by atoms with Crippen LogP contribution in [-0.4, -0.2) is 0 Å². The van der Waals surface area contributed by atoms with Crippen molar-refractivity contribution in [2.45, 2.75) is 18.3 Å². The molecule has 0 saturated heterocycles. The van der Waals surface area contributed by atoms with Crippen molar-refractivity contribution in [1.29, 1.82) is 0 Å². The molecule has 3 aliphatic rings. The summed E-state index contributed by atoms with van der Waals surface area (Å²) >= 11 is 0. The lowest BCUT2D eigenvalue weighted by atomic mass is 9.79. The second-order valence-corrected chi connectivity index (χ2v) is 8.86. The Morgan fingerprint density at radius 2 is 1.16 bits per heavy atom. The molecule has 0 saturated carbocycles. The van der Waals surface area contributed by atoms with E-state index in [1.54, 1.807) is 0 Å². The van der Waals surface area contributed by atoms with Crippen molar-refractivity contribution < 1.29 is 0 Å². The molecular weight excluding hydrogens is 372 g/mol. The van der Waals surface area contributed by atoms with Gasteiger partial charge in [0.15, 0.2) is 0 Å². The van der Waals surface area contributed by atoms with E-state index in [0.717, 1.165) is 6.42 Å². The van der Waals surface area contributed by atoms with Crippen LogP contribution in [0.1, 0.15) is 56.3 Å². The molecule has 4 aromatic carbocycles. The van der Waals surface area contributed by atoms with Crippen LogP contribution in [0.3, 0.4) is 0 Å². The van der Waals surface area contributed by atoms with Gasteiger partial charge in [-0.1, -0.05) is 109 Å². The van der Waals surface area contributed by atoms with Crippen molar-refractivity contribution in [1.82, 2.24) is 0 Å². The summed E-state index contributed by atoms with van der Waals surface area (Å²) in [5.74, 6) is 0.637. The predicted octanol–water partition coefficient (Wildman–Crippen LogP) is 7.58. The lowest BCUT2D eigenvalue weighted by Gasteiger charge is -2.24. The van der Waals surface area contributed by atoms with Gasteiger partial charge in [0.25, 0.3) is 0 Å². The monoisotopic (exact) mass is 394 g/mol. The summed E-state index contributed by atoms with van der Waals surface area (Å²) in [5.41, 5.74) is 14.3.